The van der Waals surface area contributed by atoms with Gasteiger partial charge in [0, 0.05) is 6.54 Å². The van der Waals surface area contributed by atoms with E-state index in [0.717, 1.165) is 42.4 Å². The van der Waals surface area contributed by atoms with Crippen molar-refractivity contribution < 1.29 is 5.11 Å². The van der Waals surface area contributed by atoms with Gasteiger partial charge in [-0.25, -0.2) is 4.98 Å². The molecule has 4 nitrogen and oxygen atoms in total. The molecule has 1 aliphatic carbocycles. The Morgan fingerprint density at radius 1 is 1.64 bits per heavy atom. The van der Waals surface area contributed by atoms with Gasteiger partial charge in [-0.05, 0) is 25.7 Å². The molecule has 0 aromatic carbocycles. The Hall–Kier alpha value is -0.810. The van der Waals surface area contributed by atoms with Crippen LogP contribution in [-0.4, -0.2) is 22.2 Å². The normalized spacial score (nSPS) is 18.9. The van der Waals surface area contributed by atoms with E-state index in [-0.39, 0.29) is 0 Å². The maximum Gasteiger partial charge on any atom is 0.184 e. The summed E-state index contributed by atoms with van der Waals surface area (Å²) in [6, 6.07) is 0. The van der Waals surface area contributed by atoms with Crippen molar-refractivity contribution >= 4 is 21.5 Å². The molecule has 0 amide bonds. The van der Waals surface area contributed by atoms with Gasteiger partial charge in [0.1, 0.15) is 5.00 Å². The fourth-order valence-corrected chi connectivity index (χ4v) is 2.21. The standard InChI is InChI=1S/C9H15N3OS/c10-7-6-12-8(14-7)11-5-4-9(13)2-1-3-9/h6,13H,1-5,10H2,(H,11,12). The predicted molar refractivity (Wildman–Crippen MR) is 58.4 cm³/mol. The molecule has 78 valence electrons. The second-order valence-electron chi connectivity index (χ2n) is 3.82. The van der Waals surface area contributed by atoms with Crippen LogP contribution in [0.2, 0.25) is 0 Å². The van der Waals surface area contributed by atoms with Gasteiger partial charge in [0.25, 0.3) is 0 Å². The van der Waals surface area contributed by atoms with Gasteiger partial charge >= 0.3 is 0 Å². The third-order valence-corrected chi connectivity index (χ3v) is 3.46. The molecule has 1 aromatic rings. The fourth-order valence-electron chi connectivity index (χ4n) is 1.61. The Morgan fingerprint density at radius 3 is 2.93 bits per heavy atom. The molecule has 0 spiro atoms. The van der Waals surface area contributed by atoms with Crippen LogP contribution in [0.3, 0.4) is 0 Å². The van der Waals surface area contributed by atoms with Crippen molar-refractivity contribution in [2.75, 3.05) is 17.6 Å². The summed E-state index contributed by atoms with van der Waals surface area (Å²) in [7, 11) is 0. The second kappa shape index (κ2) is 3.74. The molecule has 5 heteroatoms. The SMILES string of the molecule is Nc1cnc(NCCC2(O)CCC2)s1. The highest BCUT2D eigenvalue weighted by Crippen LogP contribution is 2.34. The molecule has 2 rings (SSSR count). The molecule has 1 aliphatic rings. The first-order valence-corrected chi connectivity index (χ1v) is 5.67. The molecular formula is C9H15N3OS. The van der Waals surface area contributed by atoms with Crippen molar-refractivity contribution in [3.8, 4) is 0 Å². The Labute approximate surface area is 87.2 Å². The maximum atomic E-state index is 9.81. The summed E-state index contributed by atoms with van der Waals surface area (Å²) in [6.07, 6.45) is 5.47. The van der Waals surface area contributed by atoms with Crippen LogP contribution < -0.4 is 11.1 Å². The zero-order valence-corrected chi connectivity index (χ0v) is 8.81. The number of anilines is 2. The van der Waals surface area contributed by atoms with Crippen LogP contribution in [0.15, 0.2) is 6.20 Å². The molecule has 1 fully saturated rings. The predicted octanol–water partition coefficient (Wildman–Crippen LogP) is 1.44. The van der Waals surface area contributed by atoms with E-state index < -0.39 is 5.60 Å². The molecule has 0 saturated heterocycles. The molecule has 0 bridgehead atoms. The first-order valence-electron chi connectivity index (χ1n) is 4.86. The minimum Gasteiger partial charge on any atom is -0.390 e. The number of rotatable bonds is 4. The average Bonchev–Trinajstić information content (AvgIpc) is 2.49. The van der Waals surface area contributed by atoms with Crippen LogP contribution in [0, 0.1) is 0 Å². The first-order chi connectivity index (χ1) is 6.68. The van der Waals surface area contributed by atoms with Crippen molar-refractivity contribution in [2.24, 2.45) is 0 Å². The van der Waals surface area contributed by atoms with Gasteiger partial charge in [0.05, 0.1) is 11.8 Å². The highest BCUT2D eigenvalue weighted by atomic mass is 32.1. The Balaban J connectivity index is 1.72. The number of hydrogen-bond acceptors (Lipinski definition) is 5. The highest BCUT2D eigenvalue weighted by Gasteiger charge is 2.33. The van der Waals surface area contributed by atoms with Crippen molar-refractivity contribution in [1.82, 2.24) is 4.98 Å². The summed E-state index contributed by atoms with van der Waals surface area (Å²) in [5.41, 5.74) is 5.13. The van der Waals surface area contributed by atoms with E-state index in [1.54, 1.807) is 6.20 Å². The number of nitrogen functional groups attached to an aromatic ring is 1. The third kappa shape index (κ3) is 2.16. The summed E-state index contributed by atoms with van der Waals surface area (Å²) in [6.45, 7) is 0.767. The number of nitrogens with zero attached hydrogens (tertiary/aromatic N) is 1. The molecule has 0 atom stereocenters. The van der Waals surface area contributed by atoms with Gasteiger partial charge in [-0.2, -0.15) is 0 Å². The van der Waals surface area contributed by atoms with E-state index in [9.17, 15) is 5.11 Å². The summed E-state index contributed by atoms with van der Waals surface area (Å²) in [4.78, 5) is 4.08. The van der Waals surface area contributed by atoms with Crippen LogP contribution in [0.25, 0.3) is 0 Å². The summed E-state index contributed by atoms with van der Waals surface area (Å²) in [5.74, 6) is 0. The zero-order chi connectivity index (χ0) is 10.0. The average molecular weight is 213 g/mol. The van der Waals surface area contributed by atoms with E-state index >= 15 is 0 Å². The van der Waals surface area contributed by atoms with Gasteiger partial charge in [-0.15, -0.1) is 0 Å². The van der Waals surface area contributed by atoms with Crippen LogP contribution >= 0.6 is 11.3 Å². The van der Waals surface area contributed by atoms with Crippen LogP contribution in [0.5, 0.6) is 0 Å². The molecular weight excluding hydrogens is 198 g/mol. The number of thiazole rings is 1. The van der Waals surface area contributed by atoms with E-state index in [0.29, 0.717) is 0 Å². The zero-order valence-electron chi connectivity index (χ0n) is 7.99. The lowest BCUT2D eigenvalue weighted by Crippen LogP contribution is -2.38. The van der Waals surface area contributed by atoms with E-state index in [4.69, 9.17) is 5.73 Å². The molecule has 0 unspecified atom stereocenters. The second-order valence-corrected chi connectivity index (χ2v) is 4.88. The fraction of sp³-hybridized carbons (Fsp3) is 0.667. The quantitative estimate of drug-likeness (QED) is 0.707. The van der Waals surface area contributed by atoms with E-state index in [1.165, 1.54) is 11.3 Å². The number of hydrogen-bond donors (Lipinski definition) is 3. The summed E-state index contributed by atoms with van der Waals surface area (Å²) >= 11 is 1.44. The van der Waals surface area contributed by atoms with Crippen LogP contribution in [0.1, 0.15) is 25.7 Å². The molecule has 1 heterocycles. The largest absolute Gasteiger partial charge is 0.390 e. The lowest BCUT2D eigenvalue weighted by molar-refractivity contribution is -0.0370. The third-order valence-electron chi connectivity index (χ3n) is 2.67. The maximum absolute atomic E-state index is 9.81. The van der Waals surface area contributed by atoms with Crippen molar-refractivity contribution in [1.29, 1.82) is 0 Å². The Bertz CT molecular complexity index is 309. The molecule has 0 radical (unpaired) electrons. The summed E-state index contributed by atoms with van der Waals surface area (Å²) in [5, 5.41) is 14.5. The lowest BCUT2D eigenvalue weighted by Gasteiger charge is -2.36. The molecule has 14 heavy (non-hydrogen) atoms. The van der Waals surface area contributed by atoms with Crippen LogP contribution in [0.4, 0.5) is 10.1 Å². The first kappa shape index (κ1) is 9.73. The molecule has 1 aromatic heterocycles. The lowest BCUT2D eigenvalue weighted by atomic mass is 9.78. The van der Waals surface area contributed by atoms with E-state index in [1.807, 2.05) is 0 Å². The van der Waals surface area contributed by atoms with Crippen molar-refractivity contribution in [3.05, 3.63) is 6.20 Å². The van der Waals surface area contributed by atoms with Crippen molar-refractivity contribution in [3.63, 3.8) is 0 Å². The monoisotopic (exact) mass is 213 g/mol. The Morgan fingerprint density at radius 2 is 2.43 bits per heavy atom. The number of nitrogens with one attached hydrogen (secondary N) is 1. The van der Waals surface area contributed by atoms with Crippen molar-refractivity contribution in [2.45, 2.75) is 31.3 Å². The number of nitrogens with two attached hydrogens (primary N) is 1. The topological polar surface area (TPSA) is 71.2 Å². The number of aliphatic hydroxyl groups is 1. The summed E-state index contributed by atoms with van der Waals surface area (Å²) < 4.78 is 0. The Kier molecular flexibility index (Phi) is 2.60. The highest BCUT2D eigenvalue weighted by molar-refractivity contribution is 7.19. The van der Waals surface area contributed by atoms with Crippen LogP contribution in [-0.2, 0) is 0 Å². The molecule has 1 saturated carbocycles. The van der Waals surface area contributed by atoms with E-state index in [2.05, 4.69) is 10.3 Å². The minimum absolute atomic E-state index is 0.407. The van der Waals surface area contributed by atoms with Gasteiger partial charge in [0.2, 0.25) is 0 Å². The van der Waals surface area contributed by atoms with Gasteiger partial charge in [-0.3, -0.25) is 0 Å². The smallest absolute Gasteiger partial charge is 0.184 e. The minimum atomic E-state index is -0.407. The number of aromatic nitrogens is 1. The van der Waals surface area contributed by atoms with Gasteiger partial charge < -0.3 is 16.2 Å². The van der Waals surface area contributed by atoms with Gasteiger partial charge in [0.15, 0.2) is 5.13 Å². The van der Waals surface area contributed by atoms with Gasteiger partial charge in [-0.1, -0.05) is 11.3 Å². The molecule has 4 N–H and O–H groups in total. The molecule has 0 aliphatic heterocycles.